The van der Waals surface area contributed by atoms with Crippen molar-refractivity contribution in [2.45, 2.75) is 64.5 Å². The Kier molecular flexibility index (Phi) is 3.34. The molecule has 2 saturated carbocycles. The van der Waals surface area contributed by atoms with E-state index in [0.29, 0.717) is 17.6 Å². The van der Waals surface area contributed by atoms with Crippen molar-refractivity contribution >= 4 is 0 Å². The van der Waals surface area contributed by atoms with Crippen LogP contribution in [-0.2, 0) is 11.2 Å². The summed E-state index contributed by atoms with van der Waals surface area (Å²) in [5.74, 6) is 1.76. The zero-order chi connectivity index (χ0) is 14.4. The Morgan fingerprint density at radius 2 is 2.19 bits per heavy atom. The lowest BCUT2D eigenvalue weighted by Gasteiger charge is -2.63. The highest BCUT2D eigenvalue weighted by molar-refractivity contribution is 5.21. The Bertz CT molecular complexity index is 501. The molecule has 1 N–H and O–H groups in total. The molecular formula is C17H26N2O2. The van der Waals surface area contributed by atoms with Gasteiger partial charge in [0.15, 0.2) is 0 Å². The molecule has 1 aromatic rings. The van der Waals surface area contributed by atoms with Gasteiger partial charge in [-0.25, -0.2) is 0 Å². The van der Waals surface area contributed by atoms with Crippen LogP contribution in [0.2, 0.25) is 0 Å². The van der Waals surface area contributed by atoms with Crippen LogP contribution in [-0.4, -0.2) is 30.5 Å². The van der Waals surface area contributed by atoms with Crippen LogP contribution in [0.4, 0.5) is 0 Å². The van der Waals surface area contributed by atoms with Crippen LogP contribution in [0.5, 0.6) is 0 Å². The molecule has 4 rings (SSSR count). The molecule has 4 nitrogen and oxygen atoms in total. The predicted molar refractivity (Wildman–Crippen MR) is 80.2 cm³/mol. The van der Waals surface area contributed by atoms with Crippen molar-refractivity contribution in [3.05, 3.63) is 17.0 Å². The molecule has 3 atom stereocenters. The summed E-state index contributed by atoms with van der Waals surface area (Å²) in [5, 5.41) is 7.89. The molecule has 4 heteroatoms. The van der Waals surface area contributed by atoms with E-state index in [-0.39, 0.29) is 0 Å². The lowest BCUT2D eigenvalue weighted by molar-refractivity contribution is -0.175. The first-order valence-electron chi connectivity index (χ1n) is 8.49. The number of nitrogens with zero attached hydrogens (tertiary/aromatic N) is 1. The highest BCUT2D eigenvalue weighted by atomic mass is 16.5. The number of hydrogen-bond acceptors (Lipinski definition) is 4. The van der Waals surface area contributed by atoms with Gasteiger partial charge in [-0.2, -0.15) is 0 Å². The highest BCUT2D eigenvalue weighted by Crippen LogP contribution is 2.62. The van der Waals surface area contributed by atoms with E-state index in [1.807, 2.05) is 13.8 Å². The Balaban J connectivity index is 1.29. The third kappa shape index (κ3) is 1.99. The van der Waals surface area contributed by atoms with Crippen molar-refractivity contribution < 1.29 is 9.26 Å². The van der Waals surface area contributed by atoms with Crippen molar-refractivity contribution in [3.8, 4) is 0 Å². The van der Waals surface area contributed by atoms with Crippen molar-refractivity contribution in [2.24, 2.45) is 11.3 Å². The summed E-state index contributed by atoms with van der Waals surface area (Å²) in [4.78, 5) is 0. The quantitative estimate of drug-likeness (QED) is 0.847. The fourth-order valence-electron chi connectivity index (χ4n) is 4.94. The topological polar surface area (TPSA) is 47.3 Å². The predicted octanol–water partition coefficient (Wildman–Crippen LogP) is 2.77. The van der Waals surface area contributed by atoms with Crippen LogP contribution in [0.3, 0.4) is 0 Å². The molecule has 0 unspecified atom stereocenters. The Labute approximate surface area is 126 Å². The van der Waals surface area contributed by atoms with Gasteiger partial charge < -0.3 is 14.6 Å². The monoisotopic (exact) mass is 290 g/mol. The molecule has 3 fully saturated rings. The van der Waals surface area contributed by atoms with E-state index in [0.717, 1.165) is 43.4 Å². The average molecular weight is 290 g/mol. The van der Waals surface area contributed by atoms with Crippen LogP contribution in [0.15, 0.2) is 4.52 Å². The van der Waals surface area contributed by atoms with Gasteiger partial charge in [-0.1, -0.05) is 11.6 Å². The maximum atomic E-state index is 5.98. The molecule has 0 radical (unpaired) electrons. The molecule has 0 aromatic carbocycles. The molecule has 0 bridgehead atoms. The second kappa shape index (κ2) is 5.10. The van der Waals surface area contributed by atoms with Gasteiger partial charge in [-0.15, -0.1) is 0 Å². The molecule has 2 heterocycles. The summed E-state index contributed by atoms with van der Waals surface area (Å²) >= 11 is 0. The van der Waals surface area contributed by atoms with Crippen molar-refractivity contribution in [1.29, 1.82) is 0 Å². The molecular weight excluding hydrogens is 264 g/mol. The van der Waals surface area contributed by atoms with E-state index in [4.69, 9.17) is 9.26 Å². The standard InChI is InChI=1S/C17H26N2O2/c1-11-13(12(2)21-19-11)5-3-9-18-15-14-6-10-20-16(14)17(15)7-4-8-17/h14-16,18H,3-10H2,1-2H3/t14-,15-,16+/m1/s1. The van der Waals surface area contributed by atoms with Gasteiger partial charge in [0, 0.05) is 29.5 Å². The number of fused-ring (bicyclic) bond motifs is 2. The van der Waals surface area contributed by atoms with Gasteiger partial charge in [-0.05, 0) is 52.5 Å². The summed E-state index contributed by atoms with van der Waals surface area (Å²) in [6.07, 6.45) is 8.20. The van der Waals surface area contributed by atoms with E-state index in [1.165, 1.54) is 31.2 Å². The van der Waals surface area contributed by atoms with Crippen molar-refractivity contribution in [1.82, 2.24) is 10.5 Å². The van der Waals surface area contributed by atoms with Crippen LogP contribution in [0.1, 0.15) is 49.1 Å². The molecule has 1 spiro atoms. The number of aryl methyl sites for hydroxylation is 2. The Morgan fingerprint density at radius 3 is 2.86 bits per heavy atom. The molecule has 3 aliphatic rings. The van der Waals surface area contributed by atoms with Crippen LogP contribution < -0.4 is 5.32 Å². The minimum absolute atomic E-state index is 0.504. The van der Waals surface area contributed by atoms with Gasteiger partial charge in [0.2, 0.25) is 0 Å². The van der Waals surface area contributed by atoms with E-state index < -0.39 is 0 Å². The first kappa shape index (κ1) is 13.8. The van der Waals surface area contributed by atoms with Gasteiger partial charge in [0.1, 0.15) is 5.76 Å². The van der Waals surface area contributed by atoms with E-state index in [1.54, 1.807) is 0 Å². The smallest absolute Gasteiger partial charge is 0.137 e. The largest absolute Gasteiger partial charge is 0.377 e. The zero-order valence-corrected chi connectivity index (χ0v) is 13.2. The number of ether oxygens (including phenoxy) is 1. The zero-order valence-electron chi connectivity index (χ0n) is 13.2. The van der Waals surface area contributed by atoms with Crippen LogP contribution in [0, 0.1) is 25.2 Å². The normalized spacial score (nSPS) is 32.8. The first-order chi connectivity index (χ1) is 10.2. The van der Waals surface area contributed by atoms with E-state index in [2.05, 4.69) is 10.5 Å². The lowest BCUT2D eigenvalue weighted by Crippen LogP contribution is -2.71. The lowest BCUT2D eigenvalue weighted by atomic mass is 9.46. The Hall–Kier alpha value is -0.870. The maximum Gasteiger partial charge on any atom is 0.137 e. The minimum Gasteiger partial charge on any atom is -0.377 e. The molecule has 21 heavy (non-hydrogen) atoms. The first-order valence-corrected chi connectivity index (χ1v) is 8.49. The van der Waals surface area contributed by atoms with E-state index in [9.17, 15) is 0 Å². The summed E-state index contributed by atoms with van der Waals surface area (Å²) in [6.45, 7) is 6.13. The summed E-state index contributed by atoms with van der Waals surface area (Å²) in [7, 11) is 0. The Morgan fingerprint density at radius 1 is 1.33 bits per heavy atom. The van der Waals surface area contributed by atoms with Crippen LogP contribution >= 0.6 is 0 Å². The van der Waals surface area contributed by atoms with Gasteiger partial charge in [-0.3, -0.25) is 0 Å². The number of aromatic nitrogens is 1. The molecule has 1 aliphatic heterocycles. The average Bonchev–Trinajstić information content (AvgIpc) is 2.95. The summed E-state index contributed by atoms with van der Waals surface area (Å²) in [6, 6.07) is 0.711. The summed E-state index contributed by atoms with van der Waals surface area (Å²) < 4.78 is 11.2. The molecule has 0 amide bonds. The molecule has 1 aromatic heterocycles. The maximum absolute atomic E-state index is 5.98. The van der Waals surface area contributed by atoms with Gasteiger partial charge in [0.25, 0.3) is 0 Å². The fraction of sp³-hybridized carbons (Fsp3) is 0.824. The third-order valence-electron chi connectivity index (χ3n) is 6.19. The van der Waals surface area contributed by atoms with Gasteiger partial charge in [0.05, 0.1) is 11.8 Å². The van der Waals surface area contributed by atoms with Gasteiger partial charge >= 0.3 is 0 Å². The van der Waals surface area contributed by atoms with Crippen molar-refractivity contribution in [3.63, 3.8) is 0 Å². The van der Waals surface area contributed by atoms with E-state index >= 15 is 0 Å². The minimum atomic E-state index is 0.504. The number of rotatable bonds is 5. The molecule has 116 valence electrons. The second-order valence-corrected chi connectivity index (χ2v) is 7.17. The third-order valence-corrected chi connectivity index (χ3v) is 6.19. The SMILES string of the molecule is Cc1noc(C)c1CCCN[C@@H]1[C@H]2CCO[C@@H]2C12CCC2. The molecule has 1 saturated heterocycles. The number of nitrogens with one attached hydrogen (secondary N) is 1. The highest BCUT2D eigenvalue weighted by Gasteiger charge is 2.66. The fourth-order valence-corrected chi connectivity index (χ4v) is 4.94. The summed E-state index contributed by atoms with van der Waals surface area (Å²) in [5.41, 5.74) is 2.85. The number of hydrogen-bond donors (Lipinski definition) is 1. The second-order valence-electron chi connectivity index (χ2n) is 7.17. The molecule has 2 aliphatic carbocycles. The van der Waals surface area contributed by atoms with Crippen molar-refractivity contribution in [2.75, 3.05) is 13.2 Å². The van der Waals surface area contributed by atoms with Crippen LogP contribution in [0.25, 0.3) is 0 Å².